The van der Waals surface area contributed by atoms with Gasteiger partial charge in [0.15, 0.2) is 0 Å². The smallest absolute Gasteiger partial charge is 0.408 e. The lowest BCUT2D eigenvalue weighted by Crippen LogP contribution is -2.47. The van der Waals surface area contributed by atoms with Crippen molar-refractivity contribution in [2.45, 2.75) is 83.1 Å². The first kappa shape index (κ1) is 21.2. The van der Waals surface area contributed by atoms with Gasteiger partial charge >= 0.3 is 6.09 Å². The van der Waals surface area contributed by atoms with E-state index in [1.807, 2.05) is 34.6 Å². The molecule has 0 aromatic rings. The van der Waals surface area contributed by atoms with Crippen LogP contribution in [0.1, 0.15) is 66.7 Å². The summed E-state index contributed by atoms with van der Waals surface area (Å²) in [5.74, 6) is 0.420. The zero-order valence-electron chi connectivity index (χ0n) is 16.2. The number of nitrogens with zero attached hydrogens (tertiary/aromatic N) is 1. The fraction of sp³-hybridized carbons (Fsp3) is 0.941. The quantitative estimate of drug-likeness (QED) is 0.815. The first-order valence-electron chi connectivity index (χ1n) is 8.65. The molecule has 0 bridgehead atoms. The molecule has 0 saturated heterocycles. The largest absolute Gasteiger partial charge is 0.444 e. The molecular formula is C17H34N2O4S. The summed E-state index contributed by atoms with van der Waals surface area (Å²) in [6, 6.07) is 0. The molecule has 1 rings (SSSR count). The van der Waals surface area contributed by atoms with Crippen molar-refractivity contribution in [2.24, 2.45) is 5.92 Å². The van der Waals surface area contributed by atoms with E-state index in [1.54, 1.807) is 14.1 Å². The van der Waals surface area contributed by atoms with Gasteiger partial charge in [-0.3, -0.25) is 0 Å². The van der Waals surface area contributed by atoms with Gasteiger partial charge < -0.3 is 10.1 Å². The molecule has 0 aliphatic heterocycles. The highest BCUT2D eigenvalue weighted by Crippen LogP contribution is 2.34. The third-order valence-corrected chi connectivity index (χ3v) is 6.69. The lowest BCUT2D eigenvalue weighted by atomic mass is 9.80. The number of ether oxygens (including phenoxy) is 1. The van der Waals surface area contributed by atoms with Gasteiger partial charge in [0.05, 0.1) is 5.25 Å². The highest BCUT2D eigenvalue weighted by atomic mass is 32.2. The van der Waals surface area contributed by atoms with E-state index in [9.17, 15) is 13.2 Å². The van der Waals surface area contributed by atoms with Crippen molar-refractivity contribution < 1.29 is 17.9 Å². The number of hydrogen-bond acceptors (Lipinski definition) is 4. The topological polar surface area (TPSA) is 75.7 Å². The van der Waals surface area contributed by atoms with E-state index in [2.05, 4.69) is 5.32 Å². The Morgan fingerprint density at radius 2 is 1.58 bits per heavy atom. The second-order valence-corrected chi connectivity index (χ2v) is 11.1. The number of alkyl carbamates (subject to hydrolysis) is 1. The first-order valence-corrected chi connectivity index (χ1v) is 10.2. The molecule has 0 atom stereocenters. The van der Waals surface area contributed by atoms with Crippen molar-refractivity contribution in [2.75, 3.05) is 14.1 Å². The summed E-state index contributed by atoms with van der Waals surface area (Å²) >= 11 is 0. The molecule has 6 nitrogen and oxygen atoms in total. The highest BCUT2D eigenvalue weighted by molar-refractivity contribution is 7.89. The summed E-state index contributed by atoms with van der Waals surface area (Å²) in [6.07, 6.45) is 3.54. The number of nitrogens with one attached hydrogen (secondary N) is 1. The third-order valence-electron chi connectivity index (χ3n) is 4.36. The molecule has 0 spiro atoms. The maximum Gasteiger partial charge on any atom is 0.408 e. The average Bonchev–Trinajstić information content (AvgIpc) is 2.35. The number of rotatable bonds is 5. The predicted molar refractivity (Wildman–Crippen MR) is 96.4 cm³/mol. The number of carbonyl (C=O) groups excluding carboxylic acids is 1. The predicted octanol–water partition coefficient (Wildman–Crippen LogP) is 3.13. The molecule has 24 heavy (non-hydrogen) atoms. The van der Waals surface area contributed by atoms with Gasteiger partial charge in [0.2, 0.25) is 10.0 Å². The maximum absolute atomic E-state index is 12.2. The SMILES string of the molecule is CN(C)S(=O)(=O)C1CCC(CC(C)(C)NC(=O)OC(C)(C)C)CC1. The van der Waals surface area contributed by atoms with Crippen molar-refractivity contribution in [3.8, 4) is 0 Å². The molecule has 1 saturated carbocycles. The van der Waals surface area contributed by atoms with Crippen LogP contribution in [-0.4, -0.2) is 49.3 Å². The van der Waals surface area contributed by atoms with E-state index in [0.29, 0.717) is 18.8 Å². The lowest BCUT2D eigenvalue weighted by molar-refractivity contribution is 0.0455. The minimum atomic E-state index is -3.16. The van der Waals surface area contributed by atoms with Crippen molar-refractivity contribution >= 4 is 16.1 Å². The molecule has 1 fully saturated rings. The van der Waals surface area contributed by atoms with Crippen molar-refractivity contribution in [1.82, 2.24) is 9.62 Å². The fourth-order valence-corrected chi connectivity index (χ4v) is 4.75. The second kappa shape index (κ2) is 7.60. The molecule has 0 heterocycles. The molecule has 0 unspecified atom stereocenters. The summed E-state index contributed by atoms with van der Waals surface area (Å²) in [5.41, 5.74) is -0.890. The van der Waals surface area contributed by atoms with E-state index in [1.165, 1.54) is 4.31 Å². The van der Waals surface area contributed by atoms with Crippen LogP contribution < -0.4 is 5.32 Å². The second-order valence-electron chi connectivity index (χ2n) is 8.68. The van der Waals surface area contributed by atoms with Crippen LogP contribution in [0.15, 0.2) is 0 Å². The van der Waals surface area contributed by atoms with Gasteiger partial charge in [-0.05, 0) is 72.6 Å². The van der Waals surface area contributed by atoms with Crippen LogP contribution >= 0.6 is 0 Å². The van der Waals surface area contributed by atoms with E-state index in [-0.39, 0.29) is 10.8 Å². The number of amides is 1. The van der Waals surface area contributed by atoms with Crippen LogP contribution in [0.3, 0.4) is 0 Å². The Hall–Kier alpha value is -0.820. The van der Waals surface area contributed by atoms with E-state index in [0.717, 1.165) is 19.3 Å². The van der Waals surface area contributed by atoms with Crippen LogP contribution in [0.4, 0.5) is 4.79 Å². The number of sulfonamides is 1. The standard InChI is InChI=1S/C17H34N2O4S/c1-16(2,3)23-15(20)18-17(4,5)12-13-8-10-14(11-9-13)24(21,22)19(6)7/h13-14H,8-12H2,1-7H3,(H,18,20). The van der Waals surface area contributed by atoms with Crippen molar-refractivity contribution in [3.63, 3.8) is 0 Å². The molecule has 1 amide bonds. The fourth-order valence-electron chi connectivity index (χ4n) is 3.28. The maximum atomic E-state index is 12.2. The zero-order valence-corrected chi connectivity index (χ0v) is 17.0. The van der Waals surface area contributed by atoms with Gasteiger partial charge in [0, 0.05) is 19.6 Å². The van der Waals surface area contributed by atoms with Gasteiger partial charge in [-0.25, -0.2) is 17.5 Å². The first-order chi connectivity index (χ1) is 10.7. The van der Waals surface area contributed by atoms with Gasteiger partial charge in [-0.2, -0.15) is 0 Å². The van der Waals surface area contributed by atoms with Crippen LogP contribution in [0.2, 0.25) is 0 Å². The van der Waals surface area contributed by atoms with Gasteiger partial charge in [0.1, 0.15) is 5.60 Å². The van der Waals surface area contributed by atoms with Crippen LogP contribution in [0, 0.1) is 5.92 Å². The molecule has 1 N–H and O–H groups in total. The molecule has 142 valence electrons. The zero-order chi connectivity index (χ0) is 18.8. The van der Waals surface area contributed by atoms with E-state index >= 15 is 0 Å². The summed E-state index contributed by atoms with van der Waals surface area (Å²) in [5, 5.41) is 2.66. The van der Waals surface area contributed by atoms with Crippen LogP contribution in [0.5, 0.6) is 0 Å². The summed E-state index contributed by atoms with van der Waals surface area (Å²) in [7, 11) is 0.0223. The Morgan fingerprint density at radius 1 is 1.08 bits per heavy atom. The van der Waals surface area contributed by atoms with E-state index < -0.39 is 21.7 Å². The monoisotopic (exact) mass is 362 g/mol. The Kier molecular flexibility index (Phi) is 6.72. The third kappa shape index (κ3) is 6.59. The summed E-state index contributed by atoms with van der Waals surface area (Å²) in [4.78, 5) is 12.0. The van der Waals surface area contributed by atoms with Gasteiger partial charge in [-0.15, -0.1) is 0 Å². The van der Waals surface area contributed by atoms with Gasteiger partial charge in [0.25, 0.3) is 0 Å². The van der Waals surface area contributed by atoms with E-state index in [4.69, 9.17) is 4.74 Å². The molecule has 0 aromatic heterocycles. The Labute approximate surface area is 147 Å². The Morgan fingerprint density at radius 3 is 2.00 bits per heavy atom. The highest BCUT2D eigenvalue weighted by Gasteiger charge is 2.35. The summed E-state index contributed by atoms with van der Waals surface area (Å²) in [6.45, 7) is 9.49. The minimum absolute atomic E-state index is 0.273. The molecule has 1 aliphatic carbocycles. The van der Waals surface area contributed by atoms with Crippen LogP contribution in [-0.2, 0) is 14.8 Å². The number of hydrogen-bond donors (Lipinski definition) is 1. The van der Waals surface area contributed by atoms with Crippen molar-refractivity contribution in [3.05, 3.63) is 0 Å². The lowest BCUT2D eigenvalue weighted by Gasteiger charge is -2.35. The molecule has 1 aliphatic rings. The van der Waals surface area contributed by atoms with Crippen molar-refractivity contribution in [1.29, 1.82) is 0 Å². The molecule has 7 heteroatoms. The average molecular weight is 363 g/mol. The molecular weight excluding hydrogens is 328 g/mol. The number of carbonyl (C=O) groups is 1. The van der Waals surface area contributed by atoms with Crippen LogP contribution in [0.25, 0.3) is 0 Å². The van der Waals surface area contributed by atoms with Gasteiger partial charge in [-0.1, -0.05) is 0 Å². The Balaban J connectivity index is 2.52. The molecule has 0 radical (unpaired) electrons. The summed E-state index contributed by atoms with van der Waals surface area (Å²) < 4.78 is 31.1. The minimum Gasteiger partial charge on any atom is -0.444 e. The Bertz CT molecular complexity index is 527. The molecule has 0 aromatic carbocycles. The normalized spacial score (nSPS) is 23.2.